The number of rotatable bonds is 11. The van der Waals surface area contributed by atoms with Gasteiger partial charge < -0.3 is 26.2 Å². The summed E-state index contributed by atoms with van der Waals surface area (Å²) >= 11 is 6.99. The third kappa shape index (κ3) is 8.18. The Bertz CT molecular complexity index is 1140. The average molecular weight is 617 g/mol. The second-order valence-electron chi connectivity index (χ2n) is 8.63. The molecule has 0 saturated carbocycles. The third-order valence-corrected chi connectivity index (χ3v) is 6.94. The van der Waals surface area contributed by atoms with Crippen molar-refractivity contribution in [2.45, 2.75) is 25.7 Å². The van der Waals surface area contributed by atoms with E-state index < -0.39 is 0 Å². The molecule has 10 heteroatoms. The fourth-order valence-corrected chi connectivity index (χ4v) is 4.50. The first-order valence-corrected chi connectivity index (χ1v) is 13.8. The average Bonchev–Trinajstić information content (AvgIpc) is 3.42. The van der Waals surface area contributed by atoms with E-state index in [0.717, 1.165) is 84.5 Å². The van der Waals surface area contributed by atoms with Crippen LogP contribution in [0.15, 0.2) is 63.7 Å². The molecule has 3 aromatic rings. The molecular formula is C26H31Br2N7O. The molecule has 1 aliphatic heterocycles. The number of urea groups is 1. The standard InChI is InChI=1S/C26H31Br2N7O/c27-20-9-7-19(8-10-20)11-14-29-12-4-13-30-24-23(28)18-31-25(34-24)32-21-5-3-6-22(17-21)33-26(36)35-15-1-2-16-35/h3,5-10,17-18,29H,1-2,4,11-16H2,(H,33,36)(H2,30,31,32,34). The Morgan fingerprint density at radius 1 is 0.972 bits per heavy atom. The van der Waals surface area contributed by atoms with E-state index in [1.54, 1.807) is 6.20 Å². The van der Waals surface area contributed by atoms with E-state index in [1.807, 2.05) is 29.2 Å². The number of hydrogen-bond donors (Lipinski definition) is 4. The topological polar surface area (TPSA) is 94.2 Å². The number of halogens is 2. The van der Waals surface area contributed by atoms with Gasteiger partial charge in [0.05, 0.1) is 4.47 Å². The number of benzene rings is 2. The second-order valence-corrected chi connectivity index (χ2v) is 10.4. The number of aromatic nitrogens is 2. The number of hydrogen-bond acceptors (Lipinski definition) is 6. The molecule has 1 saturated heterocycles. The minimum absolute atomic E-state index is 0.0566. The maximum absolute atomic E-state index is 12.4. The highest BCUT2D eigenvalue weighted by Crippen LogP contribution is 2.23. The fraction of sp³-hybridized carbons (Fsp3) is 0.346. The molecule has 0 atom stereocenters. The summed E-state index contributed by atoms with van der Waals surface area (Å²) in [6, 6.07) is 16.0. The lowest BCUT2D eigenvalue weighted by molar-refractivity contribution is 0.222. The van der Waals surface area contributed by atoms with Gasteiger partial charge in [0.1, 0.15) is 5.82 Å². The monoisotopic (exact) mass is 615 g/mol. The van der Waals surface area contributed by atoms with E-state index in [-0.39, 0.29) is 6.03 Å². The number of nitrogens with one attached hydrogen (secondary N) is 4. The van der Waals surface area contributed by atoms with Crippen LogP contribution in [0.3, 0.4) is 0 Å². The zero-order chi connectivity index (χ0) is 25.2. The lowest BCUT2D eigenvalue weighted by Crippen LogP contribution is -2.32. The van der Waals surface area contributed by atoms with Crippen LogP contribution in [0.1, 0.15) is 24.8 Å². The van der Waals surface area contributed by atoms with Crippen LogP contribution in [-0.2, 0) is 6.42 Å². The van der Waals surface area contributed by atoms with E-state index in [4.69, 9.17) is 0 Å². The molecule has 0 radical (unpaired) electrons. The number of anilines is 4. The molecule has 8 nitrogen and oxygen atoms in total. The molecule has 4 N–H and O–H groups in total. The van der Waals surface area contributed by atoms with Gasteiger partial charge in [-0.3, -0.25) is 0 Å². The van der Waals surface area contributed by atoms with Gasteiger partial charge in [-0.15, -0.1) is 0 Å². The van der Waals surface area contributed by atoms with Crippen LogP contribution in [0.4, 0.5) is 27.9 Å². The highest BCUT2D eigenvalue weighted by atomic mass is 79.9. The first kappa shape index (κ1) is 26.4. The molecule has 4 rings (SSSR count). The van der Waals surface area contributed by atoms with Gasteiger partial charge in [-0.2, -0.15) is 4.98 Å². The van der Waals surface area contributed by atoms with E-state index in [1.165, 1.54) is 5.56 Å². The highest BCUT2D eigenvalue weighted by Gasteiger charge is 2.17. The minimum Gasteiger partial charge on any atom is -0.369 e. The summed E-state index contributed by atoms with van der Waals surface area (Å²) in [6.45, 7) is 4.29. The van der Waals surface area contributed by atoms with Crippen molar-refractivity contribution in [2.24, 2.45) is 0 Å². The molecule has 2 aromatic carbocycles. The normalized spacial score (nSPS) is 13.0. The number of carbonyl (C=O) groups is 1. The Hall–Kier alpha value is -2.69. The van der Waals surface area contributed by atoms with E-state index in [9.17, 15) is 4.79 Å². The predicted octanol–water partition coefficient (Wildman–Crippen LogP) is 6.01. The van der Waals surface area contributed by atoms with Gasteiger partial charge in [0.15, 0.2) is 0 Å². The van der Waals surface area contributed by atoms with Gasteiger partial charge in [-0.05, 0) is 90.6 Å². The molecule has 2 amide bonds. The SMILES string of the molecule is O=C(Nc1cccc(Nc2ncc(Br)c(NCCCNCCc3ccc(Br)cc3)n2)c1)N1CCCC1. The van der Waals surface area contributed by atoms with Gasteiger partial charge in [-0.1, -0.05) is 34.1 Å². The summed E-state index contributed by atoms with van der Waals surface area (Å²) in [5, 5.41) is 13.1. The minimum atomic E-state index is -0.0566. The Labute approximate surface area is 228 Å². The first-order valence-electron chi connectivity index (χ1n) is 12.2. The lowest BCUT2D eigenvalue weighted by atomic mass is 10.1. The second kappa shape index (κ2) is 13.6. The molecule has 0 spiro atoms. The van der Waals surface area contributed by atoms with Crippen molar-refractivity contribution in [3.8, 4) is 0 Å². The quantitative estimate of drug-likeness (QED) is 0.197. The van der Waals surface area contributed by atoms with Crippen LogP contribution in [0.25, 0.3) is 0 Å². The molecule has 1 fully saturated rings. The molecule has 190 valence electrons. The summed E-state index contributed by atoms with van der Waals surface area (Å²) in [5.74, 6) is 1.22. The number of carbonyl (C=O) groups excluding carboxylic acids is 1. The Morgan fingerprint density at radius 3 is 2.56 bits per heavy atom. The Morgan fingerprint density at radius 2 is 1.75 bits per heavy atom. The zero-order valence-corrected chi connectivity index (χ0v) is 23.2. The van der Waals surface area contributed by atoms with Gasteiger partial charge in [0, 0.05) is 41.7 Å². The molecular weight excluding hydrogens is 586 g/mol. The largest absolute Gasteiger partial charge is 0.369 e. The van der Waals surface area contributed by atoms with Crippen molar-refractivity contribution in [3.63, 3.8) is 0 Å². The molecule has 1 aromatic heterocycles. The van der Waals surface area contributed by atoms with Crippen LogP contribution in [-0.4, -0.2) is 53.6 Å². The van der Waals surface area contributed by atoms with Gasteiger partial charge >= 0.3 is 6.03 Å². The summed E-state index contributed by atoms with van der Waals surface area (Å²) in [4.78, 5) is 23.2. The summed E-state index contributed by atoms with van der Waals surface area (Å²) in [5.41, 5.74) is 2.87. The van der Waals surface area contributed by atoms with Crippen molar-refractivity contribution >= 4 is 61.0 Å². The smallest absolute Gasteiger partial charge is 0.321 e. The van der Waals surface area contributed by atoms with Gasteiger partial charge in [0.2, 0.25) is 5.95 Å². The molecule has 2 heterocycles. The molecule has 36 heavy (non-hydrogen) atoms. The van der Waals surface area contributed by atoms with Crippen molar-refractivity contribution in [3.05, 3.63) is 69.2 Å². The summed E-state index contributed by atoms with van der Waals surface area (Å²) in [7, 11) is 0. The van der Waals surface area contributed by atoms with Crippen LogP contribution >= 0.6 is 31.9 Å². The maximum atomic E-state index is 12.4. The van der Waals surface area contributed by atoms with Crippen LogP contribution in [0, 0.1) is 0 Å². The third-order valence-electron chi connectivity index (χ3n) is 5.83. The highest BCUT2D eigenvalue weighted by molar-refractivity contribution is 9.10. The van der Waals surface area contributed by atoms with Crippen LogP contribution in [0.2, 0.25) is 0 Å². The van der Waals surface area contributed by atoms with Crippen molar-refractivity contribution < 1.29 is 4.79 Å². The Balaban J connectivity index is 1.21. The molecule has 0 bridgehead atoms. The summed E-state index contributed by atoms with van der Waals surface area (Å²) < 4.78 is 1.91. The maximum Gasteiger partial charge on any atom is 0.321 e. The van der Waals surface area contributed by atoms with E-state index >= 15 is 0 Å². The van der Waals surface area contributed by atoms with Crippen LogP contribution < -0.4 is 21.3 Å². The van der Waals surface area contributed by atoms with Crippen molar-refractivity contribution in [1.82, 2.24) is 20.2 Å². The van der Waals surface area contributed by atoms with E-state index in [0.29, 0.717) is 5.95 Å². The molecule has 1 aliphatic rings. The zero-order valence-electron chi connectivity index (χ0n) is 20.1. The predicted molar refractivity (Wildman–Crippen MR) is 153 cm³/mol. The first-order chi connectivity index (χ1) is 17.6. The Kier molecular flexibility index (Phi) is 9.94. The molecule has 0 aliphatic carbocycles. The van der Waals surface area contributed by atoms with E-state index in [2.05, 4.69) is 87.4 Å². The number of likely N-dealkylation sites (tertiary alicyclic amines) is 1. The van der Waals surface area contributed by atoms with Crippen molar-refractivity contribution in [1.29, 1.82) is 0 Å². The van der Waals surface area contributed by atoms with Crippen molar-refractivity contribution in [2.75, 3.05) is 48.7 Å². The summed E-state index contributed by atoms with van der Waals surface area (Å²) in [6.07, 6.45) is 5.84. The molecule has 0 unspecified atom stereocenters. The fourth-order valence-electron chi connectivity index (χ4n) is 3.91. The van der Waals surface area contributed by atoms with Gasteiger partial charge in [0.25, 0.3) is 0 Å². The van der Waals surface area contributed by atoms with Crippen LogP contribution in [0.5, 0.6) is 0 Å². The number of nitrogens with zero attached hydrogens (tertiary/aromatic N) is 3. The lowest BCUT2D eigenvalue weighted by Gasteiger charge is -2.16. The van der Waals surface area contributed by atoms with Gasteiger partial charge in [-0.25, -0.2) is 9.78 Å². The number of amides is 2.